The number of thioether (sulfide) groups is 1. The van der Waals surface area contributed by atoms with Crippen LogP contribution >= 0.6 is 11.8 Å². The molecule has 0 bridgehead atoms. The maximum absolute atomic E-state index is 4.39. The molecule has 78 valence electrons. The highest BCUT2D eigenvalue weighted by atomic mass is 32.2. The van der Waals surface area contributed by atoms with E-state index in [1.165, 1.54) is 30.0 Å². The molecule has 2 rings (SSSR count). The van der Waals surface area contributed by atoms with Crippen molar-refractivity contribution in [2.24, 2.45) is 0 Å². The summed E-state index contributed by atoms with van der Waals surface area (Å²) in [4.78, 5) is 7.61. The Morgan fingerprint density at radius 2 is 2.57 bits per heavy atom. The van der Waals surface area contributed by atoms with Gasteiger partial charge in [0.05, 0.1) is 18.1 Å². The molecule has 0 radical (unpaired) electrons. The Bertz CT molecular complexity index is 285. The largest absolute Gasteiger partial charge is 0.348 e. The summed E-state index contributed by atoms with van der Waals surface area (Å²) in [5.41, 5.74) is 2.58. The van der Waals surface area contributed by atoms with E-state index in [1.807, 2.05) is 18.1 Å². The first-order valence-electron chi connectivity index (χ1n) is 5.16. The molecular formula is C10H17N3S. The number of imidazole rings is 1. The van der Waals surface area contributed by atoms with E-state index in [-0.39, 0.29) is 0 Å². The molecule has 2 N–H and O–H groups in total. The highest BCUT2D eigenvalue weighted by molar-refractivity contribution is 7.98. The van der Waals surface area contributed by atoms with Gasteiger partial charge in [-0.15, -0.1) is 0 Å². The first-order chi connectivity index (χ1) is 6.92. The lowest BCUT2D eigenvalue weighted by atomic mass is 10.0. The molecule has 0 spiro atoms. The lowest BCUT2D eigenvalue weighted by Crippen LogP contribution is -2.30. The van der Waals surface area contributed by atoms with Crippen molar-refractivity contribution in [3.8, 4) is 0 Å². The number of hydrogen-bond acceptors (Lipinski definition) is 3. The standard InChI is InChI=1S/C10H17N3S/c1-14-6-2-3-8-10-9(4-5-11-8)12-7-13-10/h7-8,11H,2-6H2,1H3,(H,12,13). The second kappa shape index (κ2) is 4.84. The number of aromatic amines is 1. The lowest BCUT2D eigenvalue weighted by molar-refractivity contribution is 0.461. The average Bonchev–Trinajstić information content (AvgIpc) is 2.67. The Kier molecular flexibility index (Phi) is 3.48. The SMILES string of the molecule is CSCCCC1NCCc2[nH]cnc21. The summed E-state index contributed by atoms with van der Waals surface area (Å²) in [6.45, 7) is 1.08. The Morgan fingerprint density at radius 1 is 1.64 bits per heavy atom. The molecule has 14 heavy (non-hydrogen) atoms. The molecule has 4 heteroatoms. The zero-order chi connectivity index (χ0) is 9.80. The van der Waals surface area contributed by atoms with E-state index < -0.39 is 0 Å². The summed E-state index contributed by atoms with van der Waals surface area (Å²) in [5.74, 6) is 1.25. The first-order valence-corrected chi connectivity index (χ1v) is 6.55. The summed E-state index contributed by atoms with van der Waals surface area (Å²) >= 11 is 1.92. The van der Waals surface area contributed by atoms with Gasteiger partial charge in [0.1, 0.15) is 0 Å². The molecule has 0 amide bonds. The van der Waals surface area contributed by atoms with Gasteiger partial charge in [-0.2, -0.15) is 11.8 Å². The maximum atomic E-state index is 4.39. The lowest BCUT2D eigenvalue weighted by Gasteiger charge is -2.22. The summed E-state index contributed by atoms with van der Waals surface area (Å²) in [6.07, 6.45) is 7.55. The molecule has 1 atom stereocenters. The van der Waals surface area contributed by atoms with E-state index in [2.05, 4.69) is 21.5 Å². The molecule has 1 aliphatic rings. The second-order valence-corrected chi connectivity index (χ2v) is 4.64. The first kappa shape index (κ1) is 10.1. The van der Waals surface area contributed by atoms with Gasteiger partial charge < -0.3 is 10.3 Å². The van der Waals surface area contributed by atoms with E-state index in [0.29, 0.717) is 6.04 Å². The Morgan fingerprint density at radius 3 is 3.43 bits per heavy atom. The number of fused-ring (bicyclic) bond motifs is 1. The fourth-order valence-corrected chi connectivity index (χ4v) is 2.43. The highest BCUT2D eigenvalue weighted by Gasteiger charge is 2.21. The average molecular weight is 211 g/mol. The predicted octanol–water partition coefficient (Wildman–Crippen LogP) is 1.74. The second-order valence-electron chi connectivity index (χ2n) is 3.66. The third kappa shape index (κ3) is 2.12. The smallest absolute Gasteiger partial charge is 0.0925 e. The van der Waals surface area contributed by atoms with Gasteiger partial charge in [0.2, 0.25) is 0 Å². The van der Waals surface area contributed by atoms with Crippen molar-refractivity contribution in [3.63, 3.8) is 0 Å². The molecule has 2 heterocycles. The minimum absolute atomic E-state index is 0.483. The topological polar surface area (TPSA) is 40.7 Å². The molecule has 1 unspecified atom stereocenters. The number of aromatic nitrogens is 2. The molecule has 0 aliphatic carbocycles. The van der Waals surface area contributed by atoms with Crippen LogP contribution in [0.15, 0.2) is 6.33 Å². The van der Waals surface area contributed by atoms with Gasteiger partial charge in [0, 0.05) is 18.7 Å². The van der Waals surface area contributed by atoms with E-state index in [1.54, 1.807) is 0 Å². The molecule has 1 aromatic heterocycles. The van der Waals surface area contributed by atoms with Crippen molar-refractivity contribution in [2.75, 3.05) is 18.6 Å². The fraction of sp³-hybridized carbons (Fsp3) is 0.700. The Hall–Kier alpha value is -0.480. The van der Waals surface area contributed by atoms with E-state index in [0.717, 1.165) is 13.0 Å². The van der Waals surface area contributed by atoms with Gasteiger partial charge in [-0.25, -0.2) is 4.98 Å². The van der Waals surface area contributed by atoms with Crippen LogP contribution in [-0.2, 0) is 6.42 Å². The van der Waals surface area contributed by atoms with Crippen molar-refractivity contribution in [2.45, 2.75) is 25.3 Å². The maximum Gasteiger partial charge on any atom is 0.0925 e. The highest BCUT2D eigenvalue weighted by Crippen LogP contribution is 2.23. The van der Waals surface area contributed by atoms with Crippen LogP contribution in [0.4, 0.5) is 0 Å². The van der Waals surface area contributed by atoms with Gasteiger partial charge in [-0.3, -0.25) is 0 Å². The van der Waals surface area contributed by atoms with Crippen molar-refractivity contribution < 1.29 is 0 Å². The molecule has 0 aromatic carbocycles. The zero-order valence-corrected chi connectivity index (χ0v) is 9.36. The minimum Gasteiger partial charge on any atom is -0.348 e. The quantitative estimate of drug-likeness (QED) is 0.745. The summed E-state index contributed by atoms with van der Waals surface area (Å²) in [6, 6.07) is 0.483. The number of rotatable bonds is 4. The van der Waals surface area contributed by atoms with Gasteiger partial charge in [0.15, 0.2) is 0 Å². The van der Waals surface area contributed by atoms with Crippen molar-refractivity contribution in [1.29, 1.82) is 0 Å². The number of H-pyrrole nitrogens is 1. The molecule has 1 aromatic rings. The molecule has 0 saturated carbocycles. The number of hydrogen-bond donors (Lipinski definition) is 2. The van der Waals surface area contributed by atoms with Crippen molar-refractivity contribution in [1.82, 2.24) is 15.3 Å². The van der Waals surface area contributed by atoms with Crippen LogP contribution in [0.25, 0.3) is 0 Å². The fourth-order valence-electron chi connectivity index (χ4n) is 1.97. The molecule has 0 fully saturated rings. The van der Waals surface area contributed by atoms with Crippen LogP contribution < -0.4 is 5.32 Å². The van der Waals surface area contributed by atoms with Gasteiger partial charge >= 0.3 is 0 Å². The minimum atomic E-state index is 0.483. The van der Waals surface area contributed by atoms with Crippen molar-refractivity contribution in [3.05, 3.63) is 17.7 Å². The van der Waals surface area contributed by atoms with Crippen LogP contribution in [0.5, 0.6) is 0 Å². The van der Waals surface area contributed by atoms with Gasteiger partial charge in [-0.1, -0.05) is 0 Å². The van der Waals surface area contributed by atoms with Crippen molar-refractivity contribution >= 4 is 11.8 Å². The van der Waals surface area contributed by atoms with E-state index >= 15 is 0 Å². The van der Waals surface area contributed by atoms with E-state index in [9.17, 15) is 0 Å². The van der Waals surface area contributed by atoms with Crippen LogP contribution in [0.2, 0.25) is 0 Å². The predicted molar refractivity (Wildman–Crippen MR) is 60.7 cm³/mol. The van der Waals surface area contributed by atoms with Crippen LogP contribution in [0, 0.1) is 0 Å². The van der Waals surface area contributed by atoms with E-state index in [4.69, 9.17) is 0 Å². The van der Waals surface area contributed by atoms with Crippen LogP contribution in [0.1, 0.15) is 30.3 Å². The summed E-state index contributed by atoms with van der Waals surface area (Å²) < 4.78 is 0. The molecule has 1 aliphatic heterocycles. The number of nitrogens with one attached hydrogen (secondary N) is 2. The van der Waals surface area contributed by atoms with Gasteiger partial charge in [-0.05, 0) is 24.9 Å². The molecule has 0 saturated heterocycles. The van der Waals surface area contributed by atoms with Gasteiger partial charge in [0.25, 0.3) is 0 Å². The summed E-state index contributed by atoms with van der Waals surface area (Å²) in [7, 11) is 0. The summed E-state index contributed by atoms with van der Waals surface area (Å²) in [5, 5.41) is 3.53. The Labute approximate surface area is 89.1 Å². The third-order valence-corrected chi connectivity index (χ3v) is 3.39. The third-order valence-electron chi connectivity index (χ3n) is 2.69. The zero-order valence-electron chi connectivity index (χ0n) is 8.55. The Balaban J connectivity index is 1.94. The monoisotopic (exact) mass is 211 g/mol. The van der Waals surface area contributed by atoms with Crippen LogP contribution in [-0.4, -0.2) is 28.5 Å². The molecule has 3 nitrogen and oxygen atoms in total. The number of nitrogens with zero attached hydrogens (tertiary/aromatic N) is 1. The van der Waals surface area contributed by atoms with Crippen LogP contribution in [0.3, 0.4) is 0 Å². The molecular weight excluding hydrogens is 194 g/mol. The normalized spacial score (nSPS) is 20.8.